The van der Waals surface area contributed by atoms with Crippen molar-refractivity contribution in [2.45, 2.75) is 19.7 Å². The predicted octanol–water partition coefficient (Wildman–Crippen LogP) is 2.72. The second kappa shape index (κ2) is 6.23. The van der Waals surface area contributed by atoms with Crippen molar-refractivity contribution in [1.82, 2.24) is 5.32 Å². The van der Waals surface area contributed by atoms with Crippen molar-refractivity contribution >= 4 is 0 Å². The monoisotopic (exact) mass is 231 g/mol. The summed E-state index contributed by atoms with van der Waals surface area (Å²) in [7, 11) is 1.66. The van der Waals surface area contributed by atoms with Crippen LogP contribution in [0.4, 0.5) is 0 Å². The number of hydrogen-bond donors (Lipinski definition) is 1. The van der Waals surface area contributed by atoms with E-state index >= 15 is 0 Å². The van der Waals surface area contributed by atoms with Gasteiger partial charge >= 0.3 is 0 Å². The van der Waals surface area contributed by atoms with Gasteiger partial charge in [-0.3, -0.25) is 0 Å². The Morgan fingerprint density at radius 3 is 2.53 bits per heavy atom. The van der Waals surface area contributed by atoms with Gasteiger partial charge in [-0.2, -0.15) is 0 Å². The Kier molecular flexibility index (Phi) is 4.36. The lowest BCUT2D eigenvalue weighted by Gasteiger charge is -2.02. The average Bonchev–Trinajstić information content (AvgIpc) is 2.79. The van der Waals surface area contributed by atoms with Crippen LogP contribution < -0.4 is 5.32 Å². The molecule has 1 aromatic carbocycles. The molecule has 90 valence electrons. The van der Waals surface area contributed by atoms with Crippen LogP contribution in [-0.2, 0) is 24.4 Å². The molecule has 0 fully saturated rings. The van der Waals surface area contributed by atoms with Crippen LogP contribution in [0.1, 0.15) is 17.1 Å². The molecule has 0 unspecified atom stereocenters. The van der Waals surface area contributed by atoms with Crippen molar-refractivity contribution in [2.24, 2.45) is 0 Å². The average molecular weight is 231 g/mol. The number of hydrogen-bond acceptors (Lipinski definition) is 3. The van der Waals surface area contributed by atoms with Crippen LogP contribution in [-0.4, -0.2) is 7.11 Å². The predicted molar refractivity (Wildman–Crippen MR) is 66.4 cm³/mol. The molecule has 0 atom stereocenters. The minimum absolute atomic E-state index is 0.526. The first-order valence-corrected chi connectivity index (χ1v) is 5.69. The third kappa shape index (κ3) is 3.73. The smallest absolute Gasteiger partial charge is 0.129 e. The Hall–Kier alpha value is -1.58. The number of benzene rings is 1. The van der Waals surface area contributed by atoms with Crippen molar-refractivity contribution < 1.29 is 9.15 Å². The summed E-state index contributed by atoms with van der Waals surface area (Å²) in [4.78, 5) is 0. The molecule has 0 aliphatic rings. The first-order chi connectivity index (χ1) is 8.38. The molecule has 0 aliphatic carbocycles. The Labute approximate surface area is 101 Å². The highest BCUT2D eigenvalue weighted by atomic mass is 16.5. The number of furan rings is 1. The minimum Gasteiger partial charge on any atom is -0.462 e. The van der Waals surface area contributed by atoms with Gasteiger partial charge in [-0.1, -0.05) is 30.3 Å². The van der Waals surface area contributed by atoms with Gasteiger partial charge in [-0.15, -0.1) is 0 Å². The van der Waals surface area contributed by atoms with E-state index in [1.165, 1.54) is 5.56 Å². The van der Waals surface area contributed by atoms with Crippen LogP contribution in [0.2, 0.25) is 0 Å². The van der Waals surface area contributed by atoms with Crippen LogP contribution in [0.25, 0.3) is 0 Å². The summed E-state index contributed by atoms with van der Waals surface area (Å²) in [6.45, 7) is 2.11. The van der Waals surface area contributed by atoms with Crippen LogP contribution in [0, 0.1) is 0 Å². The zero-order valence-electron chi connectivity index (χ0n) is 9.98. The van der Waals surface area contributed by atoms with Gasteiger partial charge in [0.2, 0.25) is 0 Å². The normalized spacial score (nSPS) is 10.6. The van der Waals surface area contributed by atoms with E-state index in [2.05, 4.69) is 17.4 Å². The van der Waals surface area contributed by atoms with Crippen molar-refractivity contribution in [3.05, 3.63) is 59.5 Å². The SMILES string of the molecule is COCc1ccc(CNCc2ccccc2)o1. The Balaban J connectivity index is 1.78. The third-order valence-electron chi connectivity index (χ3n) is 2.48. The fourth-order valence-corrected chi connectivity index (χ4v) is 1.66. The molecule has 2 aromatic rings. The summed E-state index contributed by atoms with van der Waals surface area (Å²) in [6.07, 6.45) is 0. The van der Waals surface area contributed by atoms with Crippen molar-refractivity contribution in [3.8, 4) is 0 Å². The van der Waals surface area contributed by atoms with Crippen LogP contribution in [0.5, 0.6) is 0 Å². The van der Waals surface area contributed by atoms with E-state index in [0.29, 0.717) is 6.61 Å². The summed E-state index contributed by atoms with van der Waals surface area (Å²) in [5.74, 6) is 1.80. The van der Waals surface area contributed by atoms with Crippen molar-refractivity contribution in [1.29, 1.82) is 0 Å². The van der Waals surface area contributed by atoms with Gasteiger partial charge in [-0.25, -0.2) is 0 Å². The Morgan fingerprint density at radius 2 is 1.76 bits per heavy atom. The number of nitrogens with one attached hydrogen (secondary N) is 1. The summed E-state index contributed by atoms with van der Waals surface area (Å²) in [5.41, 5.74) is 1.27. The van der Waals surface area contributed by atoms with E-state index in [1.54, 1.807) is 7.11 Å². The fraction of sp³-hybridized carbons (Fsp3) is 0.286. The summed E-state index contributed by atoms with van der Waals surface area (Å²) < 4.78 is 10.6. The molecule has 3 nitrogen and oxygen atoms in total. The highest BCUT2D eigenvalue weighted by Crippen LogP contribution is 2.08. The lowest BCUT2D eigenvalue weighted by Crippen LogP contribution is -2.11. The van der Waals surface area contributed by atoms with Gasteiger partial charge in [0.05, 0.1) is 6.54 Å². The third-order valence-corrected chi connectivity index (χ3v) is 2.48. The van der Waals surface area contributed by atoms with Gasteiger partial charge < -0.3 is 14.5 Å². The molecule has 0 bridgehead atoms. The minimum atomic E-state index is 0.526. The van der Waals surface area contributed by atoms with Crippen LogP contribution in [0.3, 0.4) is 0 Å². The zero-order chi connectivity index (χ0) is 11.9. The quantitative estimate of drug-likeness (QED) is 0.830. The van der Waals surface area contributed by atoms with E-state index in [4.69, 9.17) is 9.15 Å². The number of methoxy groups -OCH3 is 1. The molecule has 1 heterocycles. The topological polar surface area (TPSA) is 34.4 Å². The maximum atomic E-state index is 5.57. The Morgan fingerprint density at radius 1 is 1.00 bits per heavy atom. The molecule has 3 heteroatoms. The second-order valence-electron chi connectivity index (χ2n) is 3.89. The lowest BCUT2D eigenvalue weighted by atomic mass is 10.2. The zero-order valence-corrected chi connectivity index (χ0v) is 9.98. The van der Waals surface area contributed by atoms with Gasteiger partial charge in [0.25, 0.3) is 0 Å². The van der Waals surface area contributed by atoms with Gasteiger partial charge in [0.15, 0.2) is 0 Å². The first-order valence-electron chi connectivity index (χ1n) is 5.69. The number of rotatable bonds is 6. The highest BCUT2D eigenvalue weighted by Gasteiger charge is 2.01. The van der Waals surface area contributed by atoms with E-state index in [1.807, 2.05) is 30.3 Å². The van der Waals surface area contributed by atoms with Gasteiger partial charge in [0.1, 0.15) is 18.1 Å². The molecule has 0 spiro atoms. The maximum absolute atomic E-state index is 5.57. The molecule has 1 N–H and O–H groups in total. The molecule has 0 saturated carbocycles. The van der Waals surface area contributed by atoms with Crippen LogP contribution >= 0.6 is 0 Å². The van der Waals surface area contributed by atoms with Gasteiger partial charge in [-0.05, 0) is 17.7 Å². The lowest BCUT2D eigenvalue weighted by molar-refractivity contribution is 0.162. The molecule has 0 saturated heterocycles. The van der Waals surface area contributed by atoms with E-state index in [0.717, 1.165) is 24.6 Å². The maximum Gasteiger partial charge on any atom is 0.129 e. The molecule has 2 rings (SSSR count). The standard InChI is InChI=1S/C14H17NO2/c1-16-11-14-8-7-13(17-14)10-15-9-12-5-3-2-4-6-12/h2-8,15H,9-11H2,1H3. The molecular weight excluding hydrogens is 214 g/mol. The van der Waals surface area contributed by atoms with E-state index in [-0.39, 0.29) is 0 Å². The molecular formula is C14H17NO2. The number of ether oxygens (including phenoxy) is 1. The molecule has 0 aliphatic heterocycles. The highest BCUT2D eigenvalue weighted by molar-refractivity contribution is 5.14. The molecule has 0 amide bonds. The molecule has 1 aromatic heterocycles. The second-order valence-corrected chi connectivity index (χ2v) is 3.89. The Bertz CT molecular complexity index is 436. The summed E-state index contributed by atoms with van der Waals surface area (Å²) in [5, 5.41) is 3.34. The molecule has 0 radical (unpaired) electrons. The van der Waals surface area contributed by atoms with Crippen molar-refractivity contribution in [2.75, 3.05) is 7.11 Å². The first kappa shape index (κ1) is 11.9. The molecule has 17 heavy (non-hydrogen) atoms. The van der Waals surface area contributed by atoms with Crippen LogP contribution in [0.15, 0.2) is 46.9 Å². The largest absolute Gasteiger partial charge is 0.462 e. The van der Waals surface area contributed by atoms with Crippen molar-refractivity contribution in [3.63, 3.8) is 0 Å². The van der Waals surface area contributed by atoms with E-state index in [9.17, 15) is 0 Å². The van der Waals surface area contributed by atoms with Gasteiger partial charge in [0, 0.05) is 13.7 Å². The summed E-state index contributed by atoms with van der Waals surface area (Å²) in [6, 6.07) is 14.2. The fourth-order valence-electron chi connectivity index (χ4n) is 1.66. The van der Waals surface area contributed by atoms with E-state index < -0.39 is 0 Å². The summed E-state index contributed by atoms with van der Waals surface area (Å²) >= 11 is 0.